The summed E-state index contributed by atoms with van der Waals surface area (Å²) in [6.45, 7) is 3.24. The fourth-order valence-corrected chi connectivity index (χ4v) is 2.30. The highest BCUT2D eigenvalue weighted by atomic mass is 79.9. The van der Waals surface area contributed by atoms with Crippen molar-refractivity contribution in [2.24, 2.45) is 0 Å². The van der Waals surface area contributed by atoms with Gasteiger partial charge in [0, 0.05) is 17.6 Å². The maximum absolute atomic E-state index is 11.7. The van der Waals surface area contributed by atoms with Gasteiger partial charge in [0.05, 0.1) is 0 Å². The molecule has 2 rings (SSSR count). The molecule has 4 heteroatoms. The summed E-state index contributed by atoms with van der Waals surface area (Å²) in [6, 6.07) is 16.1. The number of carbonyl (C=O) groups is 1. The summed E-state index contributed by atoms with van der Waals surface area (Å²) in [7, 11) is 0. The summed E-state index contributed by atoms with van der Waals surface area (Å²) < 4.78 is 1.04. The molecule has 0 aliphatic rings. The van der Waals surface area contributed by atoms with Crippen LogP contribution in [0.25, 0.3) is 0 Å². The molecule has 3 nitrogen and oxygen atoms in total. The smallest absolute Gasteiger partial charge is 0.315 e. The maximum atomic E-state index is 11.7. The summed E-state index contributed by atoms with van der Waals surface area (Å²) in [6.07, 6.45) is 0.841. The van der Waals surface area contributed by atoms with Crippen LogP contribution in [0.5, 0.6) is 0 Å². The second-order valence-electron chi connectivity index (χ2n) is 4.97. The molecule has 2 N–H and O–H groups in total. The Kier molecular flexibility index (Phi) is 5.81. The molecule has 2 aromatic rings. The van der Waals surface area contributed by atoms with E-state index in [4.69, 9.17) is 0 Å². The lowest BCUT2D eigenvalue weighted by atomic mass is 10.1. The van der Waals surface area contributed by atoms with Crippen molar-refractivity contribution >= 4 is 22.0 Å². The highest BCUT2D eigenvalue weighted by Crippen LogP contribution is 2.10. The number of aryl methyl sites for hydroxylation is 1. The summed E-state index contributed by atoms with van der Waals surface area (Å²) in [4.78, 5) is 11.7. The number of rotatable bonds is 5. The number of carbonyl (C=O) groups excluding carboxylic acids is 1. The lowest BCUT2D eigenvalue weighted by Crippen LogP contribution is -2.36. The Morgan fingerprint density at radius 2 is 1.81 bits per heavy atom. The van der Waals surface area contributed by atoms with Gasteiger partial charge in [-0.05, 0) is 36.6 Å². The Morgan fingerprint density at radius 1 is 1.05 bits per heavy atom. The minimum Gasteiger partial charge on any atom is -0.338 e. The average Bonchev–Trinajstić information content (AvgIpc) is 2.47. The number of halogens is 1. The first-order valence-electron chi connectivity index (χ1n) is 6.95. The molecule has 110 valence electrons. The van der Waals surface area contributed by atoms with Crippen LogP contribution < -0.4 is 10.6 Å². The maximum Gasteiger partial charge on any atom is 0.315 e. The second-order valence-corrected chi connectivity index (χ2v) is 5.89. The van der Waals surface area contributed by atoms with Gasteiger partial charge in [-0.1, -0.05) is 57.9 Å². The molecule has 0 radical (unpaired) electrons. The molecule has 0 fully saturated rings. The Hall–Kier alpha value is -1.81. The van der Waals surface area contributed by atoms with Crippen LogP contribution in [0.3, 0.4) is 0 Å². The number of nitrogens with one attached hydrogen (secondary N) is 2. The van der Waals surface area contributed by atoms with Crippen molar-refractivity contribution < 1.29 is 4.79 Å². The van der Waals surface area contributed by atoms with Crippen molar-refractivity contribution in [2.75, 3.05) is 6.54 Å². The summed E-state index contributed by atoms with van der Waals surface area (Å²) >= 11 is 3.39. The van der Waals surface area contributed by atoms with E-state index < -0.39 is 0 Å². The van der Waals surface area contributed by atoms with E-state index in [-0.39, 0.29) is 6.03 Å². The lowest BCUT2D eigenvalue weighted by Gasteiger charge is -2.08. The van der Waals surface area contributed by atoms with Gasteiger partial charge in [0.15, 0.2) is 0 Å². The van der Waals surface area contributed by atoms with Gasteiger partial charge in [-0.3, -0.25) is 0 Å². The van der Waals surface area contributed by atoms with E-state index in [0.29, 0.717) is 13.1 Å². The monoisotopic (exact) mass is 346 g/mol. The van der Waals surface area contributed by atoms with Crippen LogP contribution >= 0.6 is 15.9 Å². The molecule has 0 spiro atoms. The first kappa shape index (κ1) is 15.6. The van der Waals surface area contributed by atoms with Gasteiger partial charge in [-0.2, -0.15) is 0 Å². The van der Waals surface area contributed by atoms with Crippen molar-refractivity contribution in [3.8, 4) is 0 Å². The quantitative estimate of drug-likeness (QED) is 0.849. The number of urea groups is 1. The van der Waals surface area contributed by atoms with Crippen LogP contribution in [-0.4, -0.2) is 12.6 Å². The zero-order chi connectivity index (χ0) is 15.1. The normalized spacial score (nSPS) is 10.2. The van der Waals surface area contributed by atoms with Gasteiger partial charge in [0.25, 0.3) is 0 Å². The predicted octanol–water partition coefficient (Wildman–Crippen LogP) is 3.80. The largest absolute Gasteiger partial charge is 0.338 e. The van der Waals surface area contributed by atoms with Crippen LogP contribution in [0.4, 0.5) is 4.79 Å². The second kappa shape index (κ2) is 7.84. The molecule has 0 aliphatic carbocycles. The molecule has 0 aliphatic heterocycles. The van der Waals surface area contributed by atoms with Crippen LogP contribution in [-0.2, 0) is 13.0 Å². The summed E-state index contributed by atoms with van der Waals surface area (Å²) in [5.41, 5.74) is 3.56. The number of amides is 2. The minimum absolute atomic E-state index is 0.134. The van der Waals surface area contributed by atoms with Crippen molar-refractivity contribution in [3.05, 3.63) is 69.7 Å². The molecular weight excluding hydrogens is 328 g/mol. The van der Waals surface area contributed by atoms with Crippen molar-refractivity contribution in [2.45, 2.75) is 19.9 Å². The molecule has 0 aromatic heterocycles. The Morgan fingerprint density at radius 3 is 2.52 bits per heavy atom. The van der Waals surface area contributed by atoms with E-state index in [9.17, 15) is 4.79 Å². The highest BCUT2D eigenvalue weighted by molar-refractivity contribution is 9.10. The molecule has 21 heavy (non-hydrogen) atoms. The molecular formula is C17H19BrN2O. The molecule has 2 aromatic carbocycles. The lowest BCUT2D eigenvalue weighted by molar-refractivity contribution is 0.240. The van der Waals surface area contributed by atoms with E-state index >= 15 is 0 Å². The van der Waals surface area contributed by atoms with Gasteiger partial charge in [0.1, 0.15) is 0 Å². The molecule has 0 heterocycles. The van der Waals surface area contributed by atoms with Crippen LogP contribution in [0.15, 0.2) is 53.0 Å². The standard InChI is InChI=1S/C17H19BrN2O/c1-13-3-2-4-14(11-13)9-10-19-17(21)20-12-15-5-7-16(18)8-6-15/h2-8,11H,9-10,12H2,1H3,(H2,19,20,21). The van der Waals surface area contributed by atoms with Crippen LogP contribution in [0, 0.1) is 6.92 Å². The number of benzene rings is 2. The first-order valence-corrected chi connectivity index (χ1v) is 7.74. The van der Waals surface area contributed by atoms with E-state index in [0.717, 1.165) is 16.5 Å². The van der Waals surface area contributed by atoms with Crippen molar-refractivity contribution in [3.63, 3.8) is 0 Å². The van der Waals surface area contributed by atoms with Gasteiger partial charge in [0.2, 0.25) is 0 Å². The van der Waals surface area contributed by atoms with Gasteiger partial charge >= 0.3 is 6.03 Å². The molecule has 0 saturated heterocycles. The Bertz CT molecular complexity index is 596. The molecule has 2 amide bonds. The molecule has 0 atom stereocenters. The summed E-state index contributed by atoms with van der Waals surface area (Å²) in [5, 5.41) is 5.72. The third-order valence-electron chi connectivity index (χ3n) is 3.15. The zero-order valence-corrected chi connectivity index (χ0v) is 13.6. The van der Waals surface area contributed by atoms with Gasteiger partial charge in [-0.15, -0.1) is 0 Å². The third-order valence-corrected chi connectivity index (χ3v) is 3.68. The first-order chi connectivity index (χ1) is 10.1. The summed E-state index contributed by atoms with van der Waals surface area (Å²) in [5.74, 6) is 0. The van der Waals surface area contributed by atoms with E-state index in [1.165, 1.54) is 11.1 Å². The van der Waals surface area contributed by atoms with Crippen molar-refractivity contribution in [1.29, 1.82) is 0 Å². The van der Waals surface area contributed by atoms with E-state index in [2.05, 4.69) is 51.7 Å². The molecule has 0 saturated carbocycles. The fraction of sp³-hybridized carbons (Fsp3) is 0.235. The van der Waals surface area contributed by atoms with Crippen LogP contribution in [0.1, 0.15) is 16.7 Å². The average molecular weight is 347 g/mol. The third kappa shape index (κ3) is 5.60. The number of hydrogen-bond donors (Lipinski definition) is 2. The van der Waals surface area contributed by atoms with E-state index in [1.54, 1.807) is 0 Å². The van der Waals surface area contributed by atoms with E-state index in [1.807, 2.05) is 30.3 Å². The van der Waals surface area contributed by atoms with Crippen LogP contribution in [0.2, 0.25) is 0 Å². The highest BCUT2D eigenvalue weighted by Gasteiger charge is 2.00. The van der Waals surface area contributed by atoms with Gasteiger partial charge in [-0.25, -0.2) is 4.79 Å². The topological polar surface area (TPSA) is 41.1 Å². The Labute approximate surface area is 133 Å². The SMILES string of the molecule is Cc1cccc(CCNC(=O)NCc2ccc(Br)cc2)c1. The molecule has 0 unspecified atom stereocenters. The zero-order valence-electron chi connectivity index (χ0n) is 12.0. The van der Waals surface area contributed by atoms with Crippen molar-refractivity contribution in [1.82, 2.24) is 10.6 Å². The molecule has 0 bridgehead atoms. The number of hydrogen-bond acceptors (Lipinski definition) is 1. The fourth-order valence-electron chi connectivity index (χ4n) is 2.04. The Balaban J connectivity index is 1.69. The minimum atomic E-state index is -0.134. The van der Waals surface area contributed by atoms with Gasteiger partial charge < -0.3 is 10.6 Å². The predicted molar refractivity (Wildman–Crippen MR) is 89.3 cm³/mol.